The molecule has 138 valence electrons. The van der Waals surface area contributed by atoms with Crippen molar-refractivity contribution < 1.29 is 4.74 Å². The van der Waals surface area contributed by atoms with Gasteiger partial charge in [-0.3, -0.25) is 0 Å². The molecule has 0 fully saturated rings. The molecule has 3 atom stereocenters. The monoisotopic (exact) mass is 358 g/mol. The topological polar surface area (TPSA) is 27.1 Å². The molecule has 0 saturated heterocycles. The standard InChI is InChI=1S/C24H26N2O/c1-2-6-18(7-3-1)16-27-24-21(15-26-13-12-25-17-26)14-20-10-4-8-19-9-5-11-22(24)23(19)20/h1-3,5-7,9,11-13,17,20-21,24H,4,8,10,14-16H2. The molecule has 2 aromatic carbocycles. The average Bonchev–Trinajstić information content (AvgIpc) is 3.22. The highest BCUT2D eigenvalue weighted by Crippen LogP contribution is 2.49. The van der Waals surface area contributed by atoms with Gasteiger partial charge in [0.15, 0.2) is 0 Å². The fourth-order valence-corrected chi connectivity index (χ4v) is 5.08. The van der Waals surface area contributed by atoms with E-state index in [-0.39, 0.29) is 6.10 Å². The van der Waals surface area contributed by atoms with Gasteiger partial charge in [-0.05, 0) is 53.9 Å². The van der Waals surface area contributed by atoms with Crippen LogP contribution in [0.4, 0.5) is 0 Å². The number of benzene rings is 2. The van der Waals surface area contributed by atoms with E-state index in [9.17, 15) is 0 Å². The minimum absolute atomic E-state index is 0.150. The van der Waals surface area contributed by atoms with Crippen molar-refractivity contribution in [3.63, 3.8) is 0 Å². The summed E-state index contributed by atoms with van der Waals surface area (Å²) in [5.74, 6) is 1.17. The molecule has 3 heteroatoms. The Kier molecular flexibility index (Phi) is 4.54. The second kappa shape index (κ2) is 7.32. The van der Waals surface area contributed by atoms with E-state index in [0.717, 1.165) is 6.54 Å². The normalized spacial score (nSPS) is 23.8. The van der Waals surface area contributed by atoms with Crippen molar-refractivity contribution in [2.75, 3.05) is 0 Å². The van der Waals surface area contributed by atoms with Gasteiger partial charge in [0.1, 0.15) is 0 Å². The first-order valence-corrected chi connectivity index (χ1v) is 10.1. The Morgan fingerprint density at radius 2 is 2.00 bits per heavy atom. The highest BCUT2D eigenvalue weighted by Gasteiger charge is 2.38. The molecule has 0 saturated carbocycles. The molecule has 2 aliphatic rings. The number of aryl methyl sites for hydroxylation is 1. The van der Waals surface area contributed by atoms with Crippen LogP contribution in [0.5, 0.6) is 0 Å². The van der Waals surface area contributed by atoms with Crippen LogP contribution in [0, 0.1) is 5.92 Å². The van der Waals surface area contributed by atoms with Crippen molar-refractivity contribution in [1.82, 2.24) is 9.55 Å². The zero-order chi connectivity index (χ0) is 18.1. The van der Waals surface area contributed by atoms with E-state index in [2.05, 4.69) is 64.3 Å². The van der Waals surface area contributed by atoms with E-state index in [1.807, 2.05) is 12.5 Å². The van der Waals surface area contributed by atoms with Crippen molar-refractivity contribution in [2.45, 2.75) is 50.9 Å². The molecule has 0 spiro atoms. The van der Waals surface area contributed by atoms with Gasteiger partial charge in [0.2, 0.25) is 0 Å². The zero-order valence-corrected chi connectivity index (χ0v) is 15.6. The third kappa shape index (κ3) is 3.32. The average molecular weight is 358 g/mol. The van der Waals surface area contributed by atoms with Crippen molar-refractivity contribution in [3.05, 3.63) is 89.5 Å². The lowest BCUT2D eigenvalue weighted by Crippen LogP contribution is -2.31. The summed E-state index contributed by atoms with van der Waals surface area (Å²) in [6.45, 7) is 1.64. The molecule has 5 rings (SSSR count). The summed E-state index contributed by atoms with van der Waals surface area (Å²) in [6.07, 6.45) is 11.1. The lowest BCUT2D eigenvalue weighted by molar-refractivity contribution is -0.0193. The maximum absolute atomic E-state index is 6.60. The molecule has 3 unspecified atom stereocenters. The summed E-state index contributed by atoms with van der Waals surface area (Å²) in [5.41, 5.74) is 5.83. The molecule has 0 N–H and O–H groups in total. The number of hydrogen-bond donors (Lipinski definition) is 0. The molecular formula is C24H26N2O. The molecule has 3 aromatic rings. The lowest BCUT2D eigenvalue weighted by Gasteiger charge is -2.41. The molecule has 0 bridgehead atoms. The quantitative estimate of drug-likeness (QED) is 0.620. The predicted molar refractivity (Wildman–Crippen MR) is 106 cm³/mol. The first kappa shape index (κ1) is 16.8. The van der Waals surface area contributed by atoms with Crippen LogP contribution in [-0.2, 0) is 24.3 Å². The van der Waals surface area contributed by atoms with Crippen LogP contribution in [0.25, 0.3) is 0 Å². The van der Waals surface area contributed by atoms with E-state index in [1.54, 1.807) is 11.1 Å². The molecule has 3 nitrogen and oxygen atoms in total. The fraction of sp³-hybridized carbons (Fsp3) is 0.375. The van der Waals surface area contributed by atoms with Crippen LogP contribution >= 0.6 is 0 Å². The van der Waals surface area contributed by atoms with Crippen LogP contribution in [-0.4, -0.2) is 9.55 Å². The van der Waals surface area contributed by atoms with Gasteiger partial charge >= 0.3 is 0 Å². The highest BCUT2D eigenvalue weighted by molar-refractivity contribution is 5.43. The van der Waals surface area contributed by atoms with Gasteiger partial charge in [-0.25, -0.2) is 4.98 Å². The SMILES string of the molecule is c1ccc(COC2c3cccc4c3C(CCC4)CC2Cn2ccnc2)cc1. The number of nitrogens with zero attached hydrogens (tertiary/aromatic N) is 2. The first-order chi connectivity index (χ1) is 13.4. The highest BCUT2D eigenvalue weighted by atomic mass is 16.5. The molecule has 2 aliphatic carbocycles. The Labute approximate surface area is 161 Å². The molecule has 0 amide bonds. The van der Waals surface area contributed by atoms with Crippen LogP contribution in [0.2, 0.25) is 0 Å². The minimum Gasteiger partial charge on any atom is -0.368 e. The summed E-state index contributed by atoms with van der Waals surface area (Å²) in [4.78, 5) is 4.24. The zero-order valence-electron chi connectivity index (χ0n) is 15.6. The first-order valence-electron chi connectivity index (χ1n) is 10.1. The van der Waals surface area contributed by atoms with E-state index in [4.69, 9.17) is 4.74 Å². The lowest BCUT2D eigenvalue weighted by atomic mass is 9.68. The van der Waals surface area contributed by atoms with Crippen molar-refractivity contribution >= 4 is 0 Å². The Bertz CT molecular complexity index is 888. The molecule has 27 heavy (non-hydrogen) atoms. The summed E-state index contributed by atoms with van der Waals surface area (Å²) in [5, 5.41) is 0. The van der Waals surface area contributed by atoms with E-state index in [1.165, 1.54) is 36.8 Å². The molecule has 0 radical (unpaired) electrons. The van der Waals surface area contributed by atoms with Gasteiger partial charge in [-0.1, -0.05) is 48.5 Å². The van der Waals surface area contributed by atoms with Gasteiger partial charge in [0.25, 0.3) is 0 Å². The summed E-state index contributed by atoms with van der Waals surface area (Å²) >= 11 is 0. The number of imidazole rings is 1. The van der Waals surface area contributed by atoms with Gasteiger partial charge in [0, 0.05) is 24.9 Å². The third-order valence-corrected chi connectivity index (χ3v) is 6.24. The summed E-state index contributed by atoms with van der Waals surface area (Å²) in [7, 11) is 0. The largest absolute Gasteiger partial charge is 0.368 e. The van der Waals surface area contributed by atoms with E-state index < -0.39 is 0 Å². The molecule has 0 aliphatic heterocycles. The van der Waals surface area contributed by atoms with E-state index >= 15 is 0 Å². The second-order valence-electron chi connectivity index (χ2n) is 7.98. The van der Waals surface area contributed by atoms with Crippen LogP contribution in [0.15, 0.2) is 67.3 Å². The Balaban J connectivity index is 1.48. The predicted octanol–water partition coefficient (Wildman–Crippen LogP) is 5.28. The van der Waals surface area contributed by atoms with Crippen molar-refractivity contribution in [2.24, 2.45) is 5.92 Å². The molecule has 1 aromatic heterocycles. The smallest absolute Gasteiger partial charge is 0.0946 e. The molecule has 1 heterocycles. The van der Waals surface area contributed by atoms with Crippen LogP contribution in [0.3, 0.4) is 0 Å². The van der Waals surface area contributed by atoms with Crippen molar-refractivity contribution in [3.8, 4) is 0 Å². The maximum Gasteiger partial charge on any atom is 0.0946 e. The van der Waals surface area contributed by atoms with Crippen LogP contribution in [0.1, 0.15) is 53.5 Å². The Hall–Kier alpha value is -2.39. The second-order valence-corrected chi connectivity index (χ2v) is 7.98. The summed E-state index contributed by atoms with van der Waals surface area (Å²) < 4.78 is 8.80. The third-order valence-electron chi connectivity index (χ3n) is 6.24. The maximum atomic E-state index is 6.60. The van der Waals surface area contributed by atoms with Gasteiger partial charge in [0.05, 0.1) is 19.0 Å². The number of aromatic nitrogens is 2. The summed E-state index contributed by atoms with van der Waals surface area (Å²) in [6, 6.07) is 17.4. The number of rotatable bonds is 5. The number of ether oxygens (including phenoxy) is 1. The minimum atomic E-state index is 0.150. The number of hydrogen-bond acceptors (Lipinski definition) is 2. The fourth-order valence-electron chi connectivity index (χ4n) is 5.08. The van der Waals surface area contributed by atoms with Gasteiger partial charge in [-0.2, -0.15) is 0 Å². The van der Waals surface area contributed by atoms with Crippen LogP contribution < -0.4 is 0 Å². The Morgan fingerprint density at radius 1 is 1.07 bits per heavy atom. The Morgan fingerprint density at radius 3 is 2.85 bits per heavy atom. The van der Waals surface area contributed by atoms with Crippen molar-refractivity contribution in [1.29, 1.82) is 0 Å². The molecular weight excluding hydrogens is 332 g/mol. The van der Waals surface area contributed by atoms with E-state index in [0.29, 0.717) is 18.4 Å². The van der Waals surface area contributed by atoms with Gasteiger partial charge in [-0.15, -0.1) is 0 Å². The van der Waals surface area contributed by atoms with Gasteiger partial charge < -0.3 is 9.30 Å².